The number of rotatable bonds is 6. The molecule has 0 aromatic heterocycles. The van der Waals surface area contributed by atoms with E-state index < -0.39 is 0 Å². The third kappa shape index (κ3) is 3.95. The zero-order valence-electron chi connectivity index (χ0n) is 12.6. The highest BCUT2D eigenvalue weighted by molar-refractivity contribution is 5.46. The molecule has 2 aliphatic heterocycles. The Morgan fingerprint density at radius 1 is 1.24 bits per heavy atom. The molecule has 5 heteroatoms. The third-order valence-electron chi connectivity index (χ3n) is 3.91. The van der Waals surface area contributed by atoms with Gasteiger partial charge in [-0.1, -0.05) is 18.2 Å². The van der Waals surface area contributed by atoms with Crippen LogP contribution in [0.1, 0.15) is 6.92 Å². The van der Waals surface area contributed by atoms with Gasteiger partial charge in [-0.25, -0.2) is 0 Å². The summed E-state index contributed by atoms with van der Waals surface area (Å²) >= 11 is 0. The predicted octanol–water partition coefficient (Wildman–Crippen LogP) is 1.54. The Morgan fingerprint density at radius 2 is 2.10 bits per heavy atom. The van der Waals surface area contributed by atoms with E-state index in [1.165, 1.54) is 5.69 Å². The van der Waals surface area contributed by atoms with Gasteiger partial charge in [-0.15, -0.1) is 0 Å². The van der Waals surface area contributed by atoms with E-state index in [0.29, 0.717) is 13.2 Å². The van der Waals surface area contributed by atoms with E-state index >= 15 is 0 Å². The Morgan fingerprint density at radius 3 is 2.90 bits per heavy atom. The fourth-order valence-corrected chi connectivity index (χ4v) is 2.79. The van der Waals surface area contributed by atoms with Crippen molar-refractivity contribution in [2.24, 2.45) is 0 Å². The van der Waals surface area contributed by atoms with Crippen LogP contribution in [0.5, 0.6) is 0 Å². The van der Waals surface area contributed by atoms with Crippen molar-refractivity contribution in [3.8, 4) is 0 Å². The van der Waals surface area contributed by atoms with Gasteiger partial charge in [-0.3, -0.25) is 4.90 Å². The SMILES string of the molecule is CCOCC1COC(CN2CCN(c3ccccc3)C2)O1. The van der Waals surface area contributed by atoms with Crippen molar-refractivity contribution in [1.82, 2.24) is 4.90 Å². The van der Waals surface area contributed by atoms with Crippen molar-refractivity contribution >= 4 is 5.69 Å². The Hall–Kier alpha value is -1.14. The van der Waals surface area contributed by atoms with Crippen molar-refractivity contribution < 1.29 is 14.2 Å². The fourth-order valence-electron chi connectivity index (χ4n) is 2.79. The van der Waals surface area contributed by atoms with Gasteiger partial charge < -0.3 is 19.1 Å². The zero-order chi connectivity index (χ0) is 14.5. The lowest BCUT2D eigenvalue weighted by Gasteiger charge is -2.21. The number of hydrogen-bond acceptors (Lipinski definition) is 5. The van der Waals surface area contributed by atoms with Crippen LogP contribution in [0.25, 0.3) is 0 Å². The van der Waals surface area contributed by atoms with E-state index in [4.69, 9.17) is 14.2 Å². The van der Waals surface area contributed by atoms with Crippen LogP contribution in [0, 0.1) is 0 Å². The topological polar surface area (TPSA) is 34.2 Å². The molecule has 0 N–H and O–H groups in total. The molecule has 2 aliphatic rings. The van der Waals surface area contributed by atoms with Crippen LogP contribution in [0.15, 0.2) is 30.3 Å². The highest BCUT2D eigenvalue weighted by Gasteiger charge is 2.30. The highest BCUT2D eigenvalue weighted by Crippen LogP contribution is 2.19. The van der Waals surface area contributed by atoms with Crippen LogP contribution >= 0.6 is 0 Å². The number of para-hydroxylation sites is 1. The number of anilines is 1. The summed E-state index contributed by atoms with van der Waals surface area (Å²) in [6.07, 6.45) is -0.0334. The van der Waals surface area contributed by atoms with Crippen molar-refractivity contribution in [2.75, 3.05) is 51.0 Å². The molecule has 0 aliphatic carbocycles. The Kier molecular flexibility index (Phi) is 5.08. The summed E-state index contributed by atoms with van der Waals surface area (Å²) in [5.41, 5.74) is 1.28. The first kappa shape index (κ1) is 14.8. The van der Waals surface area contributed by atoms with Gasteiger partial charge in [0.1, 0.15) is 6.10 Å². The number of benzene rings is 1. The summed E-state index contributed by atoms with van der Waals surface area (Å²) in [5, 5.41) is 0. The zero-order valence-corrected chi connectivity index (χ0v) is 12.6. The first-order valence-electron chi connectivity index (χ1n) is 7.72. The van der Waals surface area contributed by atoms with E-state index in [0.717, 1.165) is 32.9 Å². The lowest BCUT2D eigenvalue weighted by molar-refractivity contribution is -0.0829. The van der Waals surface area contributed by atoms with Crippen molar-refractivity contribution in [2.45, 2.75) is 19.3 Å². The summed E-state index contributed by atoms with van der Waals surface area (Å²) in [5.74, 6) is 0. The summed E-state index contributed by atoms with van der Waals surface area (Å²) in [7, 11) is 0. The van der Waals surface area contributed by atoms with Crippen molar-refractivity contribution in [3.05, 3.63) is 30.3 Å². The van der Waals surface area contributed by atoms with Crippen LogP contribution in [0.4, 0.5) is 5.69 Å². The molecule has 21 heavy (non-hydrogen) atoms. The number of hydrogen-bond donors (Lipinski definition) is 0. The van der Waals surface area contributed by atoms with Crippen LogP contribution < -0.4 is 4.90 Å². The maximum Gasteiger partial charge on any atom is 0.170 e. The number of nitrogens with zero attached hydrogens (tertiary/aromatic N) is 2. The van der Waals surface area contributed by atoms with E-state index in [1.807, 2.05) is 6.92 Å². The average Bonchev–Trinajstić information content (AvgIpc) is 3.16. The fraction of sp³-hybridized carbons (Fsp3) is 0.625. The number of ether oxygens (including phenoxy) is 3. The van der Waals surface area contributed by atoms with Gasteiger partial charge in [0.2, 0.25) is 0 Å². The lowest BCUT2D eigenvalue weighted by atomic mass is 10.3. The molecule has 1 aromatic carbocycles. The minimum atomic E-state index is -0.119. The van der Waals surface area contributed by atoms with Gasteiger partial charge in [0, 0.05) is 25.4 Å². The first-order chi connectivity index (χ1) is 10.3. The molecule has 5 nitrogen and oxygen atoms in total. The normalized spacial score (nSPS) is 26.6. The molecule has 2 saturated heterocycles. The van der Waals surface area contributed by atoms with E-state index in [1.54, 1.807) is 0 Å². The lowest BCUT2D eigenvalue weighted by Crippen LogP contribution is -2.33. The monoisotopic (exact) mass is 292 g/mol. The molecular formula is C16H24N2O3. The molecule has 2 heterocycles. The molecule has 2 atom stereocenters. The van der Waals surface area contributed by atoms with E-state index in [-0.39, 0.29) is 12.4 Å². The molecule has 1 aromatic rings. The standard InChI is InChI=1S/C16H24N2O3/c1-2-19-11-15-12-20-16(21-15)10-17-8-9-18(13-17)14-6-4-3-5-7-14/h3-7,15-16H,2,8-13H2,1H3. The van der Waals surface area contributed by atoms with Gasteiger partial charge in [0.15, 0.2) is 6.29 Å². The summed E-state index contributed by atoms with van der Waals surface area (Å²) in [6.45, 7) is 7.85. The maximum atomic E-state index is 5.86. The summed E-state index contributed by atoms with van der Waals surface area (Å²) in [6, 6.07) is 10.5. The van der Waals surface area contributed by atoms with Crippen LogP contribution in [0.3, 0.4) is 0 Å². The van der Waals surface area contributed by atoms with Crippen LogP contribution in [0.2, 0.25) is 0 Å². The second-order valence-corrected chi connectivity index (χ2v) is 5.50. The van der Waals surface area contributed by atoms with E-state index in [9.17, 15) is 0 Å². The van der Waals surface area contributed by atoms with E-state index in [2.05, 4.69) is 40.1 Å². The van der Waals surface area contributed by atoms with Gasteiger partial charge in [0.25, 0.3) is 0 Å². The van der Waals surface area contributed by atoms with Gasteiger partial charge in [-0.05, 0) is 19.1 Å². The molecule has 0 radical (unpaired) electrons. The molecule has 0 spiro atoms. The molecule has 0 amide bonds. The quantitative estimate of drug-likeness (QED) is 0.794. The molecule has 0 bridgehead atoms. The molecule has 0 saturated carbocycles. The van der Waals surface area contributed by atoms with Gasteiger partial charge in [0.05, 0.1) is 26.4 Å². The minimum absolute atomic E-state index is 0.0859. The molecule has 2 unspecified atom stereocenters. The third-order valence-corrected chi connectivity index (χ3v) is 3.91. The molecule has 2 fully saturated rings. The highest BCUT2D eigenvalue weighted by atomic mass is 16.7. The average molecular weight is 292 g/mol. The maximum absolute atomic E-state index is 5.86. The van der Waals surface area contributed by atoms with Crippen LogP contribution in [-0.4, -0.2) is 63.4 Å². The first-order valence-corrected chi connectivity index (χ1v) is 7.72. The Labute approximate surface area is 126 Å². The summed E-state index contributed by atoms with van der Waals surface area (Å²) < 4.78 is 16.9. The molecular weight excluding hydrogens is 268 g/mol. The van der Waals surface area contributed by atoms with Gasteiger partial charge >= 0.3 is 0 Å². The Bertz CT molecular complexity index is 429. The predicted molar refractivity (Wildman–Crippen MR) is 81.3 cm³/mol. The largest absolute Gasteiger partial charge is 0.379 e. The molecule has 3 rings (SSSR count). The van der Waals surface area contributed by atoms with Crippen LogP contribution in [-0.2, 0) is 14.2 Å². The second kappa shape index (κ2) is 7.22. The van der Waals surface area contributed by atoms with Gasteiger partial charge in [-0.2, -0.15) is 0 Å². The van der Waals surface area contributed by atoms with Crippen molar-refractivity contribution in [3.63, 3.8) is 0 Å². The smallest absolute Gasteiger partial charge is 0.170 e. The van der Waals surface area contributed by atoms with Crippen molar-refractivity contribution in [1.29, 1.82) is 0 Å². The second-order valence-electron chi connectivity index (χ2n) is 5.50. The summed E-state index contributed by atoms with van der Waals surface area (Å²) in [4.78, 5) is 4.76. The molecule has 116 valence electrons. The minimum Gasteiger partial charge on any atom is -0.379 e. The Balaban J connectivity index is 1.43.